The Morgan fingerprint density at radius 1 is 1.50 bits per heavy atom. The van der Waals surface area contributed by atoms with Gasteiger partial charge in [0.1, 0.15) is 5.82 Å². The summed E-state index contributed by atoms with van der Waals surface area (Å²) in [6.45, 7) is 0. The lowest BCUT2D eigenvalue weighted by Crippen LogP contribution is -2.25. The van der Waals surface area contributed by atoms with Crippen molar-refractivity contribution in [1.29, 1.82) is 0 Å². The van der Waals surface area contributed by atoms with Crippen LogP contribution in [0.2, 0.25) is 0 Å². The van der Waals surface area contributed by atoms with E-state index in [-0.39, 0.29) is 11.9 Å². The van der Waals surface area contributed by atoms with E-state index in [2.05, 4.69) is 15.9 Å². The SMILES string of the molecule is NC(Cc1ccc(F)cc1Br)C1CC1. The summed E-state index contributed by atoms with van der Waals surface area (Å²) >= 11 is 3.35. The molecule has 1 aromatic carbocycles. The van der Waals surface area contributed by atoms with Crippen LogP contribution in [0.5, 0.6) is 0 Å². The summed E-state index contributed by atoms with van der Waals surface area (Å²) in [5.41, 5.74) is 7.11. The molecule has 0 radical (unpaired) electrons. The molecule has 0 aromatic heterocycles. The summed E-state index contributed by atoms with van der Waals surface area (Å²) < 4.78 is 13.6. The fraction of sp³-hybridized carbons (Fsp3) is 0.455. The zero-order valence-electron chi connectivity index (χ0n) is 7.84. The van der Waals surface area contributed by atoms with E-state index >= 15 is 0 Å². The number of benzene rings is 1. The second-order valence-electron chi connectivity index (χ2n) is 3.94. The molecule has 1 aromatic rings. The van der Waals surface area contributed by atoms with Gasteiger partial charge < -0.3 is 5.73 Å². The Kier molecular flexibility index (Phi) is 2.88. The first-order valence-corrected chi connectivity index (χ1v) is 5.65. The van der Waals surface area contributed by atoms with Gasteiger partial charge in [0.25, 0.3) is 0 Å². The number of hydrogen-bond acceptors (Lipinski definition) is 1. The summed E-state index contributed by atoms with van der Waals surface area (Å²) in [6.07, 6.45) is 3.34. The molecule has 0 spiro atoms. The summed E-state index contributed by atoms with van der Waals surface area (Å²) in [7, 11) is 0. The molecule has 1 atom stereocenters. The van der Waals surface area contributed by atoms with Gasteiger partial charge in [-0.05, 0) is 42.9 Å². The van der Waals surface area contributed by atoms with E-state index in [0.717, 1.165) is 16.5 Å². The van der Waals surface area contributed by atoms with E-state index in [0.29, 0.717) is 5.92 Å². The summed E-state index contributed by atoms with van der Waals surface area (Å²) in [6, 6.07) is 5.02. The van der Waals surface area contributed by atoms with Gasteiger partial charge in [-0.25, -0.2) is 4.39 Å². The number of halogens is 2. The normalized spacial score (nSPS) is 18.2. The third kappa shape index (κ3) is 2.34. The Morgan fingerprint density at radius 2 is 2.21 bits per heavy atom. The minimum Gasteiger partial charge on any atom is -0.327 e. The minimum atomic E-state index is -0.208. The first kappa shape index (κ1) is 10.1. The maximum atomic E-state index is 12.8. The van der Waals surface area contributed by atoms with Gasteiger partial charge in [0.15, 0.2) is 0 Å². The molecule has 0 amide bonds. The fourth-order valence-electron chi connectivity index (χ4n) is 1.63. The van der Waals surface area contributed by atoms with Crippen LogP contribution in [-0.2, 0) is 6.42 Å². The molecule has 1 aliphatic carbocycles. The van der Waals surface area contributed by atoms with Crippen LogP contribution >= 0.6 is 15.9 Å². The van der Waals surface area contributed by atoms with Crippen molar-refractivity contribution in [2.24, 2.45) is 11.7 Å². The molecule has 1 fully saturated rings. The van der Waals surface area contributed by atoms with Gasteiger partial charge >= 0.3 is 0 Å². The van der Waals surface area contributed by atoms with Crippen molar-refractivity contribution in [2.45, 2.75) is 25.3 Å². The average molecular weight is 258 g/mol. The summed E-state index contributed by atoms with van der Waals surface area (Å²) in [4.78, 5) is 0. The lowest BCUT2D eigenvalue weighted by molar-refractivity contribution is 0.587. The highest BCUT2D eigenvalue weighted by atomic mass is 79.9. The molecule has 14 heavy (non-hydrogen) atoms. The van der Waals surface area contributed by atoms with Gasteiger partial charge in [-0.15, -0.1) is 0 Å². The summed E-state index contributed by atoms with van der Waals surface area (Å²) in [5.74, 6) is 0.479. The highest BCUT2D eigenvalue weighted by molar-refractivity contribution is 9.10. The molecule has 1 saturated carbocycles. The second-order valence-corrected chi connectivity index (χ2v) is 4.80. The monoisotopic (exact) mass is 257 g/mol. The van der Waals surface area contributed by atoms with Crippen molar-refractivity contribution < 1.29 is 4.39 Å². The molecule has 76 valence electrons. The lowest BCUT2D eigenvalue weighted by Gasteiger charge is -2.11. The molecule has 1 nitrogen and oxygen atoms in total. The highest BCUT2D eigenvalue weighted by Crippen LogP contribution is 2.33. The van der Waals surface area contributed by atoms with E-state index in [1.54, 1.807) is 0 Å². The van der Waals surface area contributed by atoms with Gasteiger partial charge in [0.05, 0.1) is 0 Å². The predicted molar refractivity (Wildman–Crippen MR) is 58.5 cm³/mol. The molecular formula is C11H13BrFN. The Labute approximate surface area is 91.6 Å². The first-order chi connectivity index (χ1) is 6.66. The molecule has 2 rings (SSSR count). The van der Waals surface area contributed by atoms with Gasteiger partial charge in [-0.3, -0.25) is 0 Å². The maximum Gasteiger partial charge on any atom is 0.124 e. The number of nitrogens with two attached hydrogens (primary N) is 1. The highest BCUT2D eigenvalue weighted by Gasteiger charge is 2.28. The lowest BCUT2D eigenvalue weighted by atomic mass is 10.0. The van der Waals surface area contributed by atoms with Crippen molar-refractivity contribution in [2.75, 3.05) is 0 Å². The van der Waals surface area contributed by atoms with Crippen molar-refractivity contribution in [3.63, 3.8) is 0 Å². The van der Waals surface area contributed by atoms with Crippen molar-refractivity contribution in [3.8, 4) is 0 Å². The Morgan fingerprint density at radius 3 is 2.79 bits per heavy atom. The quantitative estimate of drug-likeness (QED) is 0.886. The first-order valence-electron chi connectivity index (χ1n) is 4.86. The molecule has 1 unspecified atom stereocenters. The molecular weight excluding hydrogens is 245 g/mol. The second kappa shape index (κ2) is 3.99. The van der Waals surface area contributed by atoms with E-state index in [1.165, 1.54) is 25.0 Å². The van der Waals surface area contributed by atoms with Gasteiger partial charge in [0.2, 0.25) is 0 Å². The molecule has 0 saturated heterocycles. The topological polar surface area (TPSA) is 26.0 Å². The Hall–Kier alpha value is -0.410. The molecule has 3 heteroatoms. The van der Waals surface area contributed by atoms with Crippen LogP contribution in [0, 0.1) is 11.7 Å². The van der Waals surface area contributed by atoms with Crippen LogP contribution in [-0.4, -0.2) is 6.04 Å². The summed E-state index contributed by atoms with van der Waals surface area (Å²) in [5, 5.41) is 0. The van der Waals surface area contributed by atoms with E-state index < -0.39 is 0 Å². The maximum absolute atomic E-state index is 12.8. The Balaban J connectivity index is 2.07. The van der Waals surface area contributed by atoms with Gasteiger partial charge in [-0.2, -0.15) is 0 Å². The van der Waals surface area contributed by atoms with Crippen LogP contribution < -0.4 is 5.73 Å². The van der Waals surface area contributed by atoms with Crippen LogP contribution in [0.4, 0.5) is 4.39 Å². The molecule has 0 aliphatic heterocycles. The van der Waals surface area contributed by atoms with Crippen molar-refractivity contribution in [1.82, 2.24) is 0 Å². The standard InChI is InChI=1S/C11H13BrFN/c12-10-6-9(13)4-3-8(10)5-11(14)7-1-2-7/h3-4,6-7,11H,1-2,5,14H2. The Bertz CT molecular complexity index is 336. The fourth-order valence-corrected chi connectivity index (χ4v) is 2.14. The molecule has 0 bridgehead atoms. The van der Waals surface area contributed by atoms with Crippen LogP contribution in [0.25, 0.3) is 0 Å². The largest absolute Gasteiger partial charge is 0.327 e. The average Bonchev–Trinajstić information content (AvgIpc) is 2.92. The van der Waals surface area contributed by atoms with Crippen molar-refractivity contribution in [3.05, 3.63) is 34.1 Å². The van der Waals surface area contributed by atoms with Crippen LogP contribution in [0.3, 0.4) is 0 Å². The third-order valence-corrected chi connectivity index (χ3v) is 3.44. The number of rotatable bonds is 3. The predicted octanol–water partition coefficient (Wildman–Crippen LogP) is 2.87. The van der Waals surface area contributed by atoms with Crippen LogP contribution in [0.15, 0.2) is 22.7 Å². The van der Waals surface area contributed by atoms with E-state index in [4.69, 9.17) is 5.73 Å². The molecule has 1 aliphatic rings. The van der Waals surface area contributed by atoms with E-state index in [9.17, 15) is 4.39 Å². The third-order valence-electron chi connectivity index (χ3n) is 2.70. The zero-order valence-corrected chi connectivity index (χ0v) is 9.43. The van der Waals surface area contributed by atoms with Crippen LogP contribution in [0.1, 0.15) is 18.4 Å². The van der Waals surface area contributed by atoms with Crippen molar-refractivity contribution >= 4 is 15.9 Å². The van der Waals surface area contributed by atoms with E-state index in [1.807, 2.05) is 6.07 Å². The molecule has 2 N–H and O–H groups in total. The zero-order chi connectivity index (χ0) is 10.1. The number of hydrogen-bond donors (Lipinski definition) is 1. The van der Waals surface area contributed by atoms with Gasteiger partial charge in [0, 0.05) is 10.5 Å². The van der Waals surface area contributed by atoms with Gasteiger partial charge in [-0.1, -0.05) is 22.0 Å². The minimum absolute atomic E-state index is 0.208. The smallest absolute Gasteiger partial charge is 0.124 e. The molecule has 0 heterocycles.